The van der Waals surface area contributed by atoms with Gasteiger partial charge in [-0.3, -0.25) is 0 Å². The lowest BCUT2D eigenvalue weighted by atomic mass is 10.3. The number of nitrogens with one attached hydrogen (secondary N) is 2. The van der Waals surface area contributed by atoms with Crippen LogP contribution in [0.25, 0.3) is 0 Å². The van der Waals surface area contributed by atoms with E-state index in [0.717, 1.165) is 24.7 Å². The third kappa shape index (κ3) is 2.30. The zero-order valence-electron chi connectivity index (χ0n) is 9.64. The Kier molecular flexibility index (Phi) is 3.36. The van der Waals surface area contributed by atoms with Crippen LogP contribution in [-0.4, -0.2) is 19.5 Å². The molecule has 1 atom stereocenters. The van der Waals surface area contributed by atoms with E-state index in [4.69, 9.17) is 0 Å². The molecule has 0 bridgehead atoms. The van der Waals surface area contributed by atoms with Crippen molar-refractivity contribution in [3.8, 4) is 0 Å². The Morgan fingerprint density at radius 3 is 3.00 bits per heavy atom. The monoisotopic (exact) mass is 219 g/mol. The second kappa shape index (κ2) is 4.94. The smallest absolute Gasteiger partial charge is 0.122 e. The van der Waals surface area contributed by atoms with Gasteiger partial charge in [-0.1, -0.05) is 0 Å². The van der Waals surface area contributed by atoms with Crippen LogP contribution in [0.1, 0.15) is 31.5 Å². The summed E-state index contributed by atoms with van der Waals surface area (Å²) in [5, 5.41) is 3.39. The van der Waals surface area contributed by atoms with Crippen LogP contribution in [0.3, 0.4) is 0 Å². The molecule has 5 nitrogen and oxygen atoms in total. The van der Waals surface area contributed by atoms with Gasteiger partial charge in [0.25, 0.3) is 0 Å². The summed E-state index contributed by atoms with van der Waals surface area (Å²) in [5.41, 5.74) is 0. The van der Waals surface area contributed by atoms with Crippen LogP contribution in [-0.2, 0) is 13.1 Å². The second-order valence-corrected chi connectivity index (χ2v) is 3.71. The van der Waals surface area contributed by atoms with Crippen LogP contribution in [0.4, 0.5) is 0 Å². The molecule has 2 N–H and O–H groups in total. The minimum atomic E-state index is 0.206. The van der Waals surface area contributed by atoms with E-state index in [2.05, 4.69) is 38.7 Å². The van der Waals surface area contributed by atoms with Crippen LogP contribution < -0.4 is 5.32 Å². The van der Waals surface area contributed by atoms with Gasteiger partial charge in [-0.05, 0) is 13.8 Å². The van der Waals surface area contributed by atoms with Gasteiger partial charge in [-0.2, -0.15) is 0 Å². The molecule has 0 spiro atoms. The first-order valence-electron chi connectivity index (χ1n) is 5.54. The molecule has 0 aliphatic carbocycles. The summed E-state index contributed by atoms with van der Waals surface area (Å²) in [6.07, 6.45) is 7.42. The Labute approximate surface area is 94.9 Å². The minimum absolute atomic E-state index is 0.206. The van der Waals surface area contributed by atoms with E-state index >= 15 is 0 Å². The van der Waals surface area contributed by atoms with Gasteiger partial charge in [-0.15, -0.1) is 0 Å². The number of nitrogens with zero attached hydrogens (tertiary/aromatic N) is 3. The maximum absolute atomic E-state index is 4.31. The first-order chi connectivity index (χ1) is 7.81. The molecule has 86 valence electrons. The van der Waals surface area contributed by atoms with Gasteiger partial charge in [-0.25, -0.2) is 9.97 Å². The van der Waals surface area contributed by atoms with Crippen molar-refractivity contribution >= 4 is 0 Å². The van der Waals surface area contributed by atoms with E-state index in [-0.39, 0.29) is 6.04 Å². The van der Waals surface area contributed by atoms with Gasteiger partial charge in [0.1, 0.15) is 11.6 Å². The Morgan fingerprint density at radius 2 is 2.31 bits per heavy atom. The van der Waals surface area contributed by atoms with Crippen molar-refractivity contribution in [1.29, 1.82) is 0 Å². The highest BCUT2D eigenvalue weighted by Gasteiger charge is 2.08. The van der Waals surface area contributed by atoms with Crippen LogP contribution in [0.15, 0.2) is 24.8 Å². The van der Waals surface area contributed by atoms with Crippen molar-refractivity contribution in [1.82, 2.24) is 24.8 Å². The fraction of sp³-hybridized carbons (Fsp3) is 0.455. The maximum Gasteiger partial charge on any atom is 0.122 e. The molecule has 2 heterocycles. The van der Waals surface area contributed by atoms with Gasteiger partial charge in [0, 0.05) is 31.3 Å². The normalized spacial score (nSPS) is 12.9. The van der Waals surface area contributed by atoms with Crippen LogP contribution >= 0.6 is 0 Å². The molecule has 0 saturated heterocycles. The van der Waals surface area contributed by atoms with Gasteiger partial charge in [0.2, 0.25) is 0 Å². The number of H-pyrrole nitrogens is 1. The number of hydrogen-bond donors (Lipinski definition) is 2. The molecule has 0 amide bonds. The lowest BCUT2D eigenvalue weighted by molar-refractivity contribution is 0.523. The highest BCUT2D eigenvalue weighted by Crippen LogP contribution is 2.06. The highest BCUT2D eigenvalue weighted by atomic mass is 15.1. The number of rotatable bonds is 5. The topological polar surface area (TPSA) is 58.5 Å². The molecule has 5 heteroatoms. The Balaban J connectivity index is 1.92. The lowest BCUT2D eigenvalue weighted by Gasteiger charge is -2.11. The summed E-state index contributed by atoms with van der Waals surface area (Å²) >= 11 is 0. The van der Waals surface area contributed by atoms with Gasteiger partial charge in [0.15, 0.2) is 0 Å². The molecule has 0 saturated carbocycles. The van der Waals surface area contributed by atoms with Crippen molar-refractivity contribution in [3.05, 3.63) is 36.4 Å². The molecular formula is C11H17N5. The molecule has 2 aromatic rings. The van der Waals surface area contributed by atoms with E-state index < -0.39 is 0 Å². The first kappa shape index (κ1) is 10.9. The summed E-state index contributed by atoms with van der Waals surface area (Å²) in [6, 6.07) is 0.206. The molecule has 0 aromatic carbocycles. The zero-order chi connectivity index (χ0) is 11.4. The van der Waals surface area contributed by atoms with Crippen molar-refractivity contribution < 1.29 is 0 Å². The molecule has 0 fully saturated rings. The summed E-state index contributed by atoms with van der Waals surface area (Å²) in [4.78, 5) is 11.6. The van der Waals surface area contributed by atoms with Crippen molar-refractivity contribution in [2.45, 2.75) is 33.0 Å². The molecule has 0 aliphatic rings. The second-order valence-electron chi connectivity index (χ2n) is 3.71. The molecule has 16 heavy (non-hydrogen) atoms. The fourth-order valence-corrected chi connectivity index (χ4v) is 1.65. The quantitative estimate of drug-likeness (QED) is 0.800. The minimum Gasteiger partial charge on any atom is -0.347 e. The Bertz CT molecular complexity index is 417. The largest absolute Gasteiger partial charge is 0.347 e. The third-order valence-corrected chi connectivity index (χ3v) is 2.64. The van der Waals surface area contributed by atoms with Crippen LogP contribution in [0.5, 0.6) is 0 Å². The molecule has 0 aliphatic heterocycles. The van der Waals surface area contributed by atoms with Gasteiger partial charge < -0.3 is 14.9 Å². The number of aryl methyl sites for hydroxylation is 1. The van der Waals surface area contributed by atoms with E-state index in [1.165, 1.54) is 0 Å². The predicted molar refractivity (Wildman–Crippen MR) is 61.7 cm³/mol. The fourth-order valence-electron chi connectivity index (χ4n) is 1.65. The van der Waals surface area contributed by atoms with E-state index in [0.29, 0.717) is 0 Å². The molecule has 1 unspecified atom stereocenters. The third-order valence-electron chi connectivity index (χ3n) is 2.64. The zero-order valence-corrected chi connectivity index (χ0v) is 9.64. The molecule has 0 radical (unpaired) electrons. The van der Waals surface area contributed by atoms with Crippen molar-refractivity contribution in [2.75, 3.05) is 0 Å². The first-order valence-corrected chi connectivity index (χ1v) is 5.54. The summed E-state index contributed by atoms with van der Waals surface area (Å²) < 4.78 is 2.13. The summed E-state index contributed by atoms with van der Waals surface area (Å²) in [7, 11) is 0. The summed E-state index contributed by atoms with van der Waals surface area (Å²) in [5.74, 6) is 2.01. The SMILES string of the molecule is CCn1ccnc1CNC(C)c1ncc[nH]1. The molecular weight excluding hydrogens is 202 g/mol. The lowest BCUT2D eigenvalue weighted by Crippen LogP contribution is -2.21. The molecule has 2 rings (SSSR count). The number of imidazole rings is 2. The Hall–Kier alpha value is -1.62. The van der Waals surface area contributed by atoms with Gasteiger partial charge >= 0.3 is 0 Å². The van der Waals surface area contributed by atoms with E-state index in [1.54, 1.807) is 6.20 Å². The maximum atomic E-state index is 4.31. The van der Waals surface area contributed by atoms with Crippen molar-refractivity contribution in [3.63, 3.8) is 0 Å². The van der Waals surface area contributed by atoms with E-state index in [1.807, 2.05) is 18.6 Å². The highest BCUT2D eigenvalue weighted by molar-refractivity contribution is 4.96. The predicted octanol–water partition coefficient (Wildman–Crippen LogP) is 1.48. The van der Waals surface area contributed by atoms with Crippen LogP contribution in [0.2, 0.25) is 0 Å². The summed E-state index contributed by atoms with van der Waals surface area (Å²) in [6.45, 7) is 5.90. The van der Waals surface area contributed by atoms with E-state index in [9.17, 15) is 0 Å². The number of hydrogen-bond acceptors (Lipinski definition) is 3. The Morgan fingerprint density at radius 1 is 1.44 bits per heavy atom. The van der Waals surface area contributed by atoms with Crippen LogP contribution in [0, 0.1) is 0 Å². The van der Waals surface area contributed by atoms with Crippen molar-refractivity contribution in [2.24, 2.45) is 0 Å². The average molecular weight is 219 g/mol. The number of aromatic nitrogens is 4. The van der Waals surface area contributed by atoms with Gasteiger partial charge in [0.05, 0.1) is 12.6 Å². The standard InChI is InChI=1S/C11H17N5/c1-3-16-7-6-12-10(16)8-15-9(2)11-13-4-5-14-11/h4-7,9,15H,3,8H2,1-2H3,(H,13,14). The average Bonchev–Trinajstić information content (AvgIpc) is 2.96. The molecule has 2 aromatic heterocycles. The number of aromatic amines is 1.